The smallest absolute Gasteiger partial charge is 0.218 e. The Bertz CT molecular complexity index is 645. The van der Waals surface area contributed by atoms with Gasteiger partial charge in [0.25, 0.3) is 0 Å². The first-order chi connectivity index (χ1) is 11.8. The van der Waals surface area contributed by atoms with Crippen LogP contribution in [-0.2, 0) is 4.74 Å². The van der Waals surface area contributed by atoms with E-state index >= 15 is 0 Å². The Balaban J connectivity index is 1.65. The molecule has 5 nitrogen and oxygen atoms in total. The highest BCUT2D eigenvalue weighted by Gasteiger charge is 2.27. The summed E-state index contributed by atoms with van der Waals surface area (Å²) in [5, 5.41) is 3.41. The van der Waals surface area contributed by atoms with Crippen LogP contribution >= 0.6 is 0 Å². The SMILES string of the molecule is CCOc1cc(NCC2CCCOC2c2ccc(C)cc2)ncn1. The van der Waals surface area contributed by atoms with Crippen LogP contribution in [-0.4, -0.2) is 29.7 Å². The summed E-state index contributed by atoms with van der Waals surface area (Å²) >= 11 is 0. The summed E-state index contributed by atoms with van der Waals surface area (Å²) in [5.41, 5.74) is 2.53. The largest absolute Gasteiger partial charge is 0.478 e. The molecule has 3 rings (SSSR count). The van der Waals surface area contributed by atoms with E-state index in [-0.39, 0.29) is 6.10 Å². The van der Waals surface area contributed by atoms with Crippen LogP contribution in [0.25, 0.3) is 0 Å². The molecule has 1 aromatic heterocycles. The Morgan fingerprint density at radius 3 is 2.88 bits per heavy atom. The molecule has 2 heterocycles. The minimum atomic E-state index is 0.139. The van der Waals surface area contributed by atoms with Gasteiger partial charge in [0.1, 0.15) is 12.1 Å². The Hall–Kier alpha value is -2.14. The van der Waals surface area contributed by atoms with Crippen molar-refractivity contribution in [2.24, 2.45) is 5.92 Å². The molecule has 2 aromatic rings. The molecular weight excluding hydrogens is 302 g/mol. The lowest BCUT2D eigenvalue weighted by Gasteiger charge is -2.32. The summed E-state index contributed by atoms with van der Waals surface area (Å²) in [7, 11) is 0. The number of benzene rings is 1. The monoisotopic (exact) mass is 327 g/mol. The maximum atomic E-state index is 6.07. The zero-order valence-electron chi connectivity index (χ0n) is 14.4. The summed E-state index contributed by atoms with van der Waals surface area (Å²) in [5.74, 6) is 1.82. The number of aromatic nitrogens is 2. The molecule has 0 saturated carbocycles. The summed E-state index contributed by atoms with van der Waals surface area (Å²) in [6, 6.07) is 10.5. The fourth-order valence-electron chi connectivity index (χ4n) is 3.08. The number of aryl methyl sites for hydroxylation is 1. The molecule has 1 fully saturated rings. The van der Waals surface area contributed by atoms with Crippen LogP contribution in [0.15, 0.2) is 36.7 Å². The van der Waals surface area contributed by atoms with Gasteiger partial charge in [0, 0.05) is 25.1 Å². The molecule has 2 unspecified atom stereocenters. The summed E-state index contributed by atoms with van der Waals surface area (Å²) < 4.78 is 11.5. The minimum Gasteiger partial charge on any atom is -0.478 e. The van der Waals surface area contributed by atoms with Crippen molar-refractivity contribution in [2.75, 3.05) is 25.1 Å². The van der Waals surface area contributed by atoms with Crippen molar-refractivity contribution in [3.63, 3.8) is 0 Å². The number of hydrogen-bond acceptors (Lipinski definition) is 5. The molecule has 0 spiro atoms. The van der Waals surface area contributed by atoms with Crippen LogP contribution in [0.3, 0.4) is 0 Å². The first-order valence-corrected chi connectivity index (χ1v) is 8.63. The van der Waals surface area contributed by atoms with Crippen molar-refractivity contribution in [3.05, 3.63) is 47.8 Å². The maximum absolute atomic E-state index is 6.07. The predicted molar refractivity (Wildman–Crippen MR) is 94.3 cm³/mol. The van der Waals surface area contributed by atoms with Crippen molar-refractivity contribution in [1.29, 1.82) is 0 Å². The average molecular weight is 327 g/mol. The van der Waals surface area contributed by atoms with Gasteiger partial charge in [-0.3, -0.25) is 0 Å². The Morgan fingerprint density at radius 1 is 1.25 bits per heavy atom. The average Bonchev–Trinajstić information content (AvgIpc) is 2.62. The molecule has 1 N–H and O–H groups in total. The molecule has 24 heavy (non-hydrogen) atoms. The van der Waals surface area contributed by atoms with Crippen molar-refractivity contribution < 1.29 is 9.47 Å². The molecular formula is C19H25N3O2. The lowest BCUT2D eigenvalue weighted by atomic mass is 9.89. The van der Waals surface area contributed by atoms with Crippen LogP contribution in [0.2, 0.25) is 0 Å². The van der Waals surface area contributed by atoms with E-state index in [0.717, 1.165) is 31.8 Å². The molecule has 128 valence electrons. The molecule has 1 saturated heterocycles. The van der Waals surface area contributed by atoms with E-state index in [9.17, 15) is 0 Å². The van der Waals surface area contributed by atoms with Crippen LogP contribution in [0.1, 0.15) is 37.0 Å². The van der Waals surface area contributed by atoms with Crippen molar-refractivity contribution in [1.82, 2.24) is 9.97 Å². The van der Waals surface area contributed by atoms with E-state index < -0.39 is 0 Å². The Kier molecular flexibility index (Phi) is 5.64. The lowest BCUT2D eigenvalue weighted by Crippen LogP contribution is -2.28. The third kappa shape index (κ3) is 4.23. The van der Waals surface area contributed by atoms with Crippen molar-refractivity contribution in [2.45, 2.75) is 32.8 Å². The topological polar surface area (TPSA) is 56.3 Å². The molecule has 0 amide bonds. The zero-order valence-corrected chi connectivity index (χ0v) is 14.4. The fraction of sp³-hybridized carbons (Fsp3) is 0.474. The Morgan fingerprint density at radius 2 is 2.08 bits per heavy atom. The first-order valence-electron chi connectivity index (χ1n) is 8.63. The molecule has 5 heteroatoms. The molecule has 2 atom stereocenters. The van der Waals surface area contributed by atoms with Gasteiger partial charge in [-0.15, -0.1) is 0 Å². The highest BCUT2D eigenvalue weighted by Crippen LogP contribution is 2.33. The second-order valence-corrected chi connectivity index (χ2v) is 6.16. The number of ether oxygens (including phenoxy) is 2. The summed E-state index contributed by atoms with van der Waals surface area (Å²) in [4.78, 5) is 8.37. The zero-order chi connectivity index (χ0) is 16.8. The minimum absolute atomic E-state index is 0.139. The predicted octanol–water partition coefficient (Wildman–Crippen LogP) is 3.76. The summed E-state index contributed by atoms with van der Waals surface area (Å²) in [6.45, 7) is 6.30. The van der Waals surface area contributed by atoms with Gasteiger partial charge in [0.2, 0.25) is 5.88 Å². The second-order valence-electron chi connectivity index (χ2n) is 6.16. The Labute approximate surface area is 143 Å². The van der Waals surface area contributed by atoms with Crippen LogP contribution < -0.4 is 10.1 Å². The highest BCUT2D eigenvalue weighted by atomic mass is 16.5. The van der Waals surface area contributed by atoms with Gasteiger partial charge in [-0.1, -0.05) is 29.8 Å². The molecule has 1 aromatic carbocycles. The third-order valence-corrected chi connectivity index (χ3v) is 4.33. The van der Waals surface area contributed by atoms with Gasteiger partial charge >= 0.3 is 0 Å². The molecule has 1 aliphatic heterocycles. The van der Waals surface area contributed by atoms with E-state index in [1.54, 1.807) is 0 Å². The molecule has 0 aliphatic carbocycles. The number of nitrogens with one attached hydrogen (secondary N) is 1. The van der Waals surface area contributed by atoms with Gasteiger partial charge in [-0.25, -0.2) is 9.97 Å². The van der Waals surface area contributed by atoms with Crippen molar-refractivity contribution >= 4 is 5.82 Å². The van der Waals surface area contributed by atoms with Gasteiger partial charge in [-0.05, 0) is 32.3 Å². The van der Waals surface area contributed by atoms with E-state index in [0.29, 0.717) is 18.4 Å². The highest BCUT2D eigenvalue weighted by molar-refractivity contribution is 5.37. The van der Waals surface area contributed by atoms with Gasteiger partial charge in [0.15, 0.2) is 0 Å². The number of rotatable bonds is 6. The number of nitrogens with zero attached hydrogens (tertiary/aromatic N) is 2. The van der Waals surface area contributed by atoms with E-state index in [1.807, 2.05) is 13.0 Å². The van der Waals surface area contributed by atoms with E-state index in [1.165, 1.54) is 17.5 Å². The van der Waals surface area contributed by atoms with Crippen LogP contribution in [0, 0.1) is 12.8 Å². The van der Waals surface area contributed by atoms with Crippen molar-refractivity contribution in [3.8, 4) is 5.88 Å². The van der Waals surface area contributed by atoms with Crippen LogP contribution in [0.5, 0.6) is 5.88 Å². The molecule has 0 bridgehead atoms. The number of hydrogen-bond donors (Lipinski definition) is 1. The first kappa shape index (κ1) is 16.7. The number of anilines is 1. The quantitative estimate of drug-likeness (QED) is 0.875. The molecule has 0 radical (unpaired) electrons. The van der Waals surface area contributed by atoms with Gasteiger partial charge < -0.3 is 14.8 Å². The van der Waals surface area contributed by atoms with Crippen LogP contribution in [0.4, 0.5) is 5.82 Å². The molecule has 1 aliphatic rings. The second kappa shape index (κ2) is 8.11. The van der Waals surface area contributed by atoms with E-state index in [4.69, 9.17) is 9.47 Å². The normalized spacial score (nSPS) is 20.6. The van der Waals surface area contributed by atoms with Gasteiger partial charge in [0.05, 0.1) is 12.7 Å². The van der Waals surface area contributed by atoms with Gasteiger partial charge in [-0.2, -0.15) is 0 Å². The maximum Gasteiger partial charge on any atom is 0.218 e. The third-order valence-electron chi connectivity index (χ3n) is 4.33. The summed E-state index contributed by atoms with van der Waals surface area (Å²) in [6.07, 6.45) is 3.92. The van der Waals surface area contributed by atoms with E-state index in [2.05, 4.69) is 46.5 Å². The lowest BCUT2D eigenvalue weighted by molar-refractivity contribution is -0.0238. The standard InChI is InChI=1S/C19H25N3O2/c1-3-23-18-11-17(21-13-22-18)20-12-16-5-4-10-24-19(16)15-8-6-14(2)7-9-15/h6-9,11,13,16,19H,3-5,10,12H2,1-2H3,(H,20,21,22). The fourth-order valence-corrected chi connectivity index (χ4v) is 3.08.